The van der Waals surface area contributed by atoms with Crippen LogP contribution in [0.2, 0.25) is 0 Å². The van der Waals surface area contributed by atoms with Crippen LogP contribution < -0.4 is 5.32 Å². The van der Waals surface area contributed by atoms with E-state index in [9.17, 15) is 9.59 Å². The summed E-state index contributed by atoms with van der Waals surface area (Å²) in [4.78, 5) is 30.4. The molecule has 2 aromatic rings. The molecule has 0 radical (unpaired) electrons. The van der Waals surface area contributed by atoms with E-state index in [0.717, 1.165) is 5.69 Å². The van der Waals surface area contributed by atoms with Crippen molar-refractivity contribution >= 4 is 23.2 Å². The predicted octanol–water partition coefficient (Wildman–Crippen LogP) is 3.01. The quantitative estimate of drug-likeness (QED) is 0.820. The second-order valence-corrected chi connectivity index (χ2v) is 7.09. The number of aromatic nitrogens is 1. The van der Waals surface area contributed by atoms with E-state index in [1.165, 1.54) is 6.92 Å². The van der Waals surface area contributed by atoms with Gasteiger partial charge in [0.15, 0.2) is 11.6 Å². The van der Waals surface area contributed by atoms with Gasteiger partial charge in [-0.3, -0.25) is 9.59 Å². The van der Waals surface area contributed by atoms with Gasteiger partial charge in [0.2, 0.25) is 0 Å². The highest BCUT2D eigenvalue weighted by Crippen LogP contribution is 2.31. The summed E-state index contributed by atoms with van der Waals surface area (Å²) in [6.07, 6.45) is 2.96. The lowest BCUT2D eigenvalue weighted by atomic mass is 10.0. The minimum absolute atomic E-state index is 0.00858. The summed E-state index contributed by atoms with van der Waals surface area (Å²) in [5.74, 6) is 0.0966. The Morgan fingerprint density at radius 2 is 1.82 bits per heavy atom. The Hall–Kier alpha value is -2.77. The van der Waals surface area contributed by atoms with E-state index in [-0.39, 0.29) is 11.7 Å². The number of pyridine rings is 1. The van der Waals surface area contributed by atoms with Gasteiger partial charge < -0.3 is 19.7 Å². The van der Waals surface area contributed by atoms with Crippen molar-refractivity contribution in [3.8, 4) is 0 Å². The molecular weight excluding hydrogens is 358 g/mol. The first-order chi connectivity index (χ1) is 13.5. The third-order valence-corrected chi connectivity index (χ3v) is 5.18. The average Bonchev–Trinajstić information content (AvgIpc) is 3.17. The molecule has 1 aromatic carbocycles. The number of hydrogen-bond donors (Lipinski definition) is 1. The van der Waals surface area contributed by atoms with Gasteiger partial charge in [-0.1, -0.05) is 12.1 Å². The standard InChI is InChI=1S/C21H23N3O4/c1-15(25)16-3-2-4-18(13-16)23-19-6-5-17(14-22-19)20(26)24-9-7-21(8-10-24)27-11-12-28-21/h2-6,13-14H,7-12H2,1H3,(H,22,23). The topological polar surface area (TPSA) is 80.8 Å². The number of Topliss-reactive ketones (excluding diaryl/α,β-unsaturated/α-hetero) is 1. The van der Waals surface area contributed by atoms with E-state index in [2.05, 4.69) is 10.3 Å². The van der Waals surface area contributed by atoms with Crippen molar-refractivity contribution in [2.24, 2.45) is 0 Å². The Kier molecular flexibility index (Phi) is 5.11. The van der Waals surface area contributed by atoms with Crippen LogP contribution in [0.5, 0.6) is 0 Å². The molecule has 2 fully saturated rings. The van der Waals surface area contributed by atoms with Crippen molar-refractivity contribution < 1.29 is 19.1 Å². The van der Waals surface area contributed by atoms with E-state index in [1.807, 2.05) is 17.0 Å². The molecule has 4 rings (SSSR count). The van der Waals surface area contributed by atoms with Gasteiger partial charge in [-0.05, 0) is 31.2 Å². The van der Waals surface area contributed by atoms with Crippen molar-refractivity contribution in [3.63, 3.8) is 0 Å². The van der Waals surface area contributed by atoms with Crippen LogP contribution >= 0.6 is 0 Å². The lowest BCUT2D eigenvalue weighted by Gasteiger charge is -2.37. The van der Waals surface area contributed by atoms with Crippen LogP contribution in [0.1, 0.15) is 40.5 Å². The normalized spacial score (nSPS) is 18.2. The minimum atomic E-state index is -0.489. The van der Waals surface area contributed by atoms with Crippen molar-refractivity contribution in [2.45, 2.75) is 25.6 Å². The maximum Gasteiger partial charge on any atom is 0.255 e. The Bertz CT molecular complexity index is 865. The summed E-state index contributed by atoms with van der Waals surface area (Å²) in [5.41, 5.74) is 1.96. The smallest absolute Gasteiger partial charge is 0.255 e. The highest BCUT2D eigenvalue weighted by atomic mass is 16.7. The Labute approximate surface area is 163 Å². The number of nitrogens with zero attached hydrogens (tertiary/aromatic N) is 2. The molecule has 2 aliphatic heterocycles. The molecule has 7 nitrogen and oxygen atoms in total. The SMILES string of the molecule is CC(=O)c1cccc(Nc2ccc(C(=O)N3CCC4(CC3)OCCO4)cn2)c1. The number of amides is 1. The van der Waals surface area contributed by atoms with Gasteiger partial charge >= 0.3 is 0 Å². The van der Waals surface area contributed by atoms with Gasteiger partial charge in [-0.15, -0.1) is 0 Å². The molecule has 2 aliphatic rings. The Morgan fingerprint density at radius 3 is 2.46 bits per heavy atom. The molecule has 1 amide bonds. The van der Waals surface area contributed by atoms with Crippen LogP contribution in [-0.2, 0) is 9.47 Å². The molecule has 28 heavy (non-hydrogen) atoms. The van der Waals surface area contributed by atoms with E-state index < -0.39 is 5.79 Å². The number of carbonyl (C=O) groups excluding carboxylic acids is 2. The number of carbonyl (C=O) groups is 2. The second kappa shape index (κ2) is 7.69. The van der Waals surface area contributed by atoms with Crippen molar-refractivity contribution in [2.75, 3.05) is 31.6 Å². The van der Waals surface area contributed by atoms with Crippen LogP contribution in [0.25, 0.3) is 0 Å². The van der Waals surface area contributed by atoms with Crippen LogP contribution in [0, 0.1) is 0 Å². The minimum Gasteiger partial charge on any atom is -0.347 e. The first-order valence-corrected chi connectivity index (χ1v) is 9.46. The van der Waals surface area contributed by atoms with E-state index >= 15 is 0 Å². The molecule has 7 heteroatoms. The monoisotopic (exact) mass is 381 g/mol. The lowest BCUT2D eigenvalue weighted by molar-refractivity contribution is -0.181. The zero-order valence-electron chi connectivity index (χ0n) is 15.8. The highest BCUT2D eigenvalue weighted by Gasteiger charge is 2.40. The molecule has 3 heterocycles. The van der Waals surface area contributed by atoms with Gasteiger partial charge in [0.1, 0.15) is 5.82 Å². The number of nitrogens with one attached hydrogen (secondary N) is 1. The molecule has 1 N–H and O–H groups in total. The van der Waals surface area contributed by atoms with Crippen LogP contribution in [0.3, 0.4) is 0 Å². The second-order valence-electron chi connectivity index (χ2n) is 7.09. The number of ketones is 1. The number of likely N-dealkylation sites (tertiary alicyclic amines) is 1. The van der Waals surface area contributed by atoms with E-state index in [0.29, 0.717) is 56.1 Å². The fourth-order valence-electron chi connectivity index (χ4n) is 3.58. The first kappa shape index (κ1) is 18.6. The zero-order valence-corrected chi connectivity index (χ0v) is 15.8. The van der Waals surface area contributed by atoms with Gasteiger partial charge in [-0.2, -0.15) is 0 Å². The molecule has 1 spiro atoms. The first-order valence-electron chi connectivity index (χ1n) is 9.46. The number of anilines is 2. The fourth-order valence-corrected chi connectivity index (χ4v) is 3.58. The third-order valence-electron chi connectivity index (χ3n) is 5.18. The van der Waals surface area contributed by atoms with E-state index in [1.54, 1.807) is 30.5 Å². The maximum atomic E-state index is 12.7. The highest BCUT2D eigenvalue weighted by molar-refractivity contribution is 5.95. The van der Waals surface area contributed by atoms with Crippen molar-refractivity contribution in [1.82, 2.24) is 9.88 Å². The molecule has 0 aliphatic carbocycles. The molecule has 0 atom stereocenters. The predicted molar refractivity (Wildman–Crippen MR) is 104 cm³/mol. The van der Waals surface area contributed by atoms with E-state index in [4.69, 9.17) is 9.47 Å². The fraction of sp³-hybridized carbons (Fsp3) is 0.381. The average molecular weight is 381 g/mol. The van der Waals surface area contributed by atoms with Crippen molar-refractivity contribution in [1.29, 1.82) is 0 Å². The van der Waals surface area contributed by atoms with Crippen LogP contribution in [0.15, 0.2) is 42.6 Å². The van der Waals surface area contributed by atoms with Crippen molar-refractivity contribution in [3.05, 3.63) is 53.7 Å². The van der Waals surface area contributed by atoms with Gasteiger partial charge in [0, 0.05) is 43.4 Å². The van der Waals surface area contributed by atoms with Gasteiger partial charge in [0.25, 0.3) is 5.91 Å². The molecule has 146 valence electrons. The molecule has 1 aromatic heterocycles. The summed E-state index contributed by atoms with van der Waals surface area (Å²) in [5, 5.41) is 3.16. The Morgan fingerprint density at radius 1 is 1.07 bits per heavy atom. The Balaban J connectivity index is 1.38. The van der Waals surface area contributed by atoms with Crippen LogP contribution in [0.4, 0.5) is 11.5 Å². The number of ether oxygens (including phenoxy) is 2. The molecule has 0 saturated carbocycles. The number of rotatable bonds is 4. The van der Waals surface area contributed by atoms with Gasteiger partial charge in [0.05, 0.1) is 18.8 Å². The molecule has 0 unspecified atom stereocenters. The number of piperidine rings is 1. The van der Waals surface area contributed by atoms with Crippen LogP contribution in [-0.4, -0.2) is 53.7 Å². The summed E-state index contributed by atoms with van der Waals surface area (Å²) >= 11 is 0. The number of benzene rings is 1. The molecule has 0 bridgehead atoms. The summed E-state index contributed by atoms with van der Waals surface area (Å²) in [7, 11) is 0. The summed E-state index contributed by atoms with van der Waals surface area (Å²) in [6.45, 7) is 4.00. The lowest BCUT2D eigenvalue weighted by Crippen LogP contribution is -2.47. The third kappa shape index (κ3) is 3.90. The number of hydrogen-bond acceptors (Lipinski definition) is 6. The summed E-state index contributed by atoms with van der Waals surface area (Å²) in [6, 6.07) is 10.8. The molecule has 2 saturated heterocycles. The molecular formula is C21H23N3O4. The zero-order chi connectivity index (χ0) is 19.6. The maximum absolute atomic E-state index is 12.7. The van der Waals surface area contributed by atoms with Gasteiger partial charge in [-0.25, -0.2) is 4.98 Å². The summed E-state index contributed by atoms with van der Waals surface area (Å²) < 4.78 is 11.4. The largest absolute Gasteiger partial charge is 0.347 e.